The van der Waals surface area contributed by atoms with E-state index in [1.54, 1.807) is 10.9 Å². The summed E-state index contributed by atoms with van der Waals surface area (Å²) in [6, 6.07) is 0. The van der Waals surface area contributed by atoms with Crippen molar-refractivity contribution in [2.45, 2.75) is 51.2 Å². The van der Waals surface area contributed by atoms with Crippen LogP contribution in [0, 0.1) is 0 Å². The zero-order valence-electron chi connectivity index (χ0n) is 11.3. The summed E-state index contributed by atoms with van der Waals surface area (Å²) in [5.74, 6) is 0. The van der Waals surface area contributed by atoms with E-state index in [0.717, 1.165) is 31.8 Å². The Balaban J connectivity index is 1.47. The fourth-order valence-electron chi connectivity index (χ4n) is 2.37. The van der Waals surface area contributed by atoms with E-state index < -0.39 is 0 Å². The lowest BCUT2D eigenvalue weighted by Gasteiger charge is -2.21. The largest absolute Gasteiger partial charge is 0.378 e. The van der Waals surface area contributed by atoms with Gasteiger partial charge in [-0.3, -0.25) is 4.68 Å². The molecule has 0 unspecified atom stereocenters. The molecule has 1 aliphatic carbocycles. The van der Waals surface area contributed by atoms with Crippen LogP contribution in [-0.2, 0) is 18.3 Å². The van der Waals surface area contributed by atoms with Gasteiger partial charge in [0, 0.05) is 20.2 Å². The number of hydrogen-bond donors (Lipinski definition) is 1. The summed E-state index contributed by atoms with van der Waals surface area (Å²) in [5.41, 5.74) is 1.11. The summed E-state index contributed by atoms with van der Waals surface area (Å²) < 4.78 is 7.67. The van der Waals surface area contributed by atoms with E-state index in [1.807, 2.05) is 7.05 Å². The van der Waals surface area contributed by atoms with Crippen molar-refractivity contribution in [3.8, 4) is 0 Å². The zero-order chi connectivity index (χ0) is 12.6. The summed E-state index contributed by atoms with van der Waals surface area (Å²) in [4.78, 5) is 0. The molecule has 0 atom stereocenters. The smallest absolute Gasteiger partial charge is 0.0738 e. The van der Waals surface area contributed by atoms with Gasteiger partial charge in [0.25, 0.3) is 0 Å². The molecule has 0 aromatic carbocycles. The molecule has 1 saturated carbocycles. The summed E-state index contributed by atoms with van der Waals surface area (Å²) in [5, 5.41) is 11.1. The van der Waals surface area contributed by atoms with Gasteiger partial charge in [-0.05, 0) is 25.8 Å². The van der Waals surface area contributed by atoms with Gasteiger partial charge < -0.3 is 10.1 Å². The highest BCUT2D eigenvalue weighted by Crippen LogP contribution is 2.20. The summed E-state index contributed by atoms with van der Waals surface area (Å²) in [6.45, 7) is 2.69. The molecular formula is C13H24N4O. The quantitative estimate of drug-likeness (QED) is 0.750. The molecule has 0 amide bonds. The third kappa shape index (κ3) is 4.38. The molecule has 0 bridgehead atoms. The van der Waals surface area contributed by atoms with E-state index in [2.05, 4.69) is 15.6 Å². The molecule has 1 N–H and O–H groups in total. The summed E-state index contributed by atoms with van der Waals surface area (Å²) in [7, 11) is 1.91. The second-order valence-electron chi connectivity index (χ2n) is 5.01. The Kier molecular flexibility index (Phi) is 5.61. The number of nitrogens with one attached hydrogen (secondary N) is 1. The molecule has 0 spiro atoms. The summed E-state index contributed by atoms with van der Waals surface area (Å²) in [6.07, 6.45) is 9.99. The van der Waals surface area contributed by atoms with Crippen LogP contribution in [0.25, 0.3) is 0 Å². The molecule has 0 saturated heterocycles. The third-order valence-corrected chi connectivity index (χ3v) is 3.52. The fourth-order valence-corrected chi connectivity index (χ4v) is 2.37. The first-order valence-corrected chi connectivity index (χ1v) is 7.02. The van der Waals surface area contributed by atoms with Crippen LogP contribution in [0.15, 0.2) is 6.20 Å². The van der Waals surface area contributed by atoms with Crippen molar-refractivity contribution in [2.75, 3.05) is 13.2 Å². The predicted octanol–water partition coefficient (Wildman–Crippen LogP) is 1.64. The first-order chi connectivity index (χ1) is 8.86. The molecule has 1 heterocycles. The van der Waals surface area contributed by atoms with Crippen LogP contribution in [-0.4, -0.2) is 34.2 Å². The van der Waals surface area contributed by atoms with E-state index in [1.165, 1.54) is 32.1 Å². The Hall–Kier alpha value is -0.940. The highest BCUT2D eigenvalue weighted by atomic mass is 16.5. The molecule has 5 heteroatoms. The normalized spacial score (nSPS) is 17.2. The van der Waals surface area contributed by atoms with Crippen molar-refractivity contribution in [3.05, 3.63) is 11.9 Å². The topological polar surface area (TPSA) is 52.0 Å². The SMILES string of the molecule is Cn1nncc1CNCCCOC1CCCCC1. The standard InChI is InChI=1S/C13H24N4O/c1-17-12(11-15-16-17)10-14-8-5-9-18-13-6-3-2-4-7-13/h11,13-14H,2-10H2,1H3. The molecule has 1 aliphatic rings. The van der Waals surface area contributed by atoms with Gasteiger partial charge in [0.2, 0.25) is 0 Å². The molecule has 5 nitrogen and oxygen atoms in total. The van der Waals surface area contributed by atoms with E-state index in [4.69, 9.17) is 4.74 Å². The maximum atomic E-state index is 5.87. The summed E-state index contributed by atoms with van der Waals surface area (Å²) >= 11 is 0. The average molecular weight is 252 g/mol. The van der Waals surface area contributed by atoms with Gasteiger partial charge in [0.1, 0.15) is 0 Å². The van der Waals surface area contributed by atoms with Crippen LogP contribution in [0.1, 0.15) is 44.2 Å². The van der Waals surface area contributed by atoms with Gasteiger partial charge in [-0.2, -0.15) is 0 Å². The Morgan fingerprint density at radius 1 is 1.39 bits per heavy atom. The number of hydrogen-bond acceptors (Lipinski definition) is 4. The van der Waals surface area contributed by atoms with Crippen molar-refractivity contribution in [3.63, 3.8) is 0 Å². The van der Waals surface area contributed by atoms with Crippen LogP contribution in [0.2, 0.25) is 0 Å². The van der Waals surface area contributed by atoms with Gasteiger partial charge in [-0.25, -0.2) is 0 Å². The lowest BCUT2D eigenvalue weighted by Crippen LogP contribution is -2.21. The van der Waals surface area contributed by atoms with Crippen LogP contribution in [0.5, 0.6) is 0 Å². The minimum absolute atomic E-state index is 0.528. The lowest BCUT2D eigenvalue weighted by molar-refractivity contribution is 0.0273. The lowest BCUT2D eigenvalue weighted by atomic mass is 9.98. The number of nitrogens with zero attached hydrogens (tertiary/aromatic N) is 3. The highest BCUT2D eigenvalue weighted by Gasteiger charge is 2.12. The van der Waals surface area contributed by atoms with E-state index >= 15 is 0 Å². The molecular weight excluding hydrogens is 228 g/mol. The minimum Gasteiger partial charge on any atom is -0.378 e. The average Bonchev–Trinajstić information content (AvgIpc) is 2.81. The van der Waals surface area contributed by atoms with Gasteiger partial charge in [0.15, 0.2) is 0 Å². The van der Waals surface area contributed by atoms with Crippen LogP contribution in [0.4, 0.5) is 0 Å². The highest BCUT2D eigenvalue weighted by molar-refractivity contribution is 4.91. The van der Waals surface area contributed by atoms with Crippen molar-refractivity contribution < 1.29 is 4.74 Å². The van der Waals surface area contributed by atoms with Gasteiger partial charge >= 0.3 is 0 Å². The van der Waals surface area contributed by atoms with Crippen LogP contribution in [0.3, 0.4) is 0 Å². The maximum Gasteiger partial charge on any atom is 0.0738 e. The number of aryl methyl sites for hydroxylation is 1. The molecule has 0 radical (unpaired) electrons. The Morgan fingerprint density at radius 3 is 2.94 bits per heavy atom. The van der Waals surface area contributed by atoms with Gasteiger partial charge in [-0.1, -0.05) is 24.5 Å². The molecule has 1 aromatic heterocycles. The molecule has 1 fully saturated rings. The van der Waals surface area contributed by atoms with E-state index in [9.17, 15) is 0 Å². The monoisotopic (exact) mass is 252 g/mol. The van der Waals surface area contributed by atoms with Crippen molar-refractivity contribution in [1.29, 1.82) is 0 Å². The third-order valence-electron chi connectivity index (χ3n) is 3.52. The van der Waals surface area contributed by atoms with E-state index in [0.29, 0.717) is 6.10 Å². The first-order valence-electron chi connectivity index (χ1n) is 7.02. The zero-order valence-corrected chi connectivity index (χ0v) is 11.3. The molecule has 1 aromatic rings. The van der Waals surface area contributed by atoms with Crippen LogP contribution < -0.4 is 5.32 Å². The van der Waals surface area contributed by atoms with Gasteiger partial charge in [-0.15, -0.1) is 5.10 Å². The second kappa shape index (κ2) is 7.48. The van der Waals surface area contributed by atoms with Crippen molar-refractivity contribution >= 4 is 0 Å². The first kappa shape index (κ1) is 13.5. The Labute approximate surface area is 109 Å². The molecule has 18 heavy (non-hydrogen) atoms. The molecule has 2 rings (SSSR count). The molecule has 0 aliphatic heterocycles. The van der Waals surface area contributed by atoms with Gasteiger partial charge in [0.05, 0.1) is 18.0 Å². The van der Waals surface area contributed by atoms with Crippen molar-refractivity contribution in [2.24, 2.45) is 7.05 Å². The second-order valence-corrected chi connectivity index (χ2v) is 5.01. The number of rotatable bonds is 7. The molecule has 102 valence electrons. The number of ether oxygens (including phenoxy) is 1. The van der Waals surface area contributed by atoms with Crippen molar-refractivity contribution in [1.82, 2.24) is 20.3 Å². The predicted molar refractivity (Wildman–Crippen MR) is 70.2 cm³/mol. The minimum atomic E-state index is 0.528. The number of aromatic nitrogens is 3. The Bertz CT molecular complexity index is 333. The Morgan fingerprint density at radius 2 is 2.22 bits per heavy atom. The fraction of sp³-hybridized carbons (Fsp3) is 0.846. The van der Waals surface area contributed by atoms with Crippen LogP contribution >= 0.6 is 0 Å². The van der Waals surface area contributed by atoms with E-state index in [-0.39, 0.29) is 0 Å². The maximum absolute atomic E-state index is 5.87.